The normalized spacial score (nSPS) is 10.9. The van der Waals surface area contributed by atoms with E-state index in [0.29, 0.717) is 16.8 Å². The van der Waals surface area contributed by atoms with Gasteiger partial charge in [-0.1, -0.05) is 30.3 Å². The number of carbonyl (C=O) groups is 1. The summed E-state index contributed by atoms with van der Waals surface area (Å²) < 4.78 is 0. The monoisotopic (exact) mass is 336 g/mol. The molecule has 124 valence electrons. The predicted molar refractivity (Wildman–Crippen MR) is 89.8 cm³/mol. The standard InChI is InChI=1S/C17H12N4O4/c22-14(10-4-2-1-3-5-10)11-6-8-12(9-7-11)20-21-13-15(23)18-17(25)19-16(13)24/h1-9H,(H3,18,19,23,24,25). The van der Waals surface area contributed by atoms with Crippen molar-refractivity contribution in [3.63, 3.8) is 0 Å². The molecule has 0 amide bonds. The van der Waals surface area contributed by atoms with Crippen molar-refractivity contribution in [3.8, 4) is 5.88 Å². The van der Waals surface area contributed by atoms with Gasteiger partial charge < -0.3 is 5.11 Å². The highest BCUT2D eigenvalue weighted by molar-refractivity contribution is 6.09. The number of aromatic hydroxyl groups is 1. The van der Waals surface area contributed by atoms with Crippen molar-refractivity contribution in [3.05, 3.63) is 86.6 Å². The van der Waals surface area contributed by atoms with Gasteiger partial charge in [-0.25, -0.2) is 4.79 Å². The molecule has 3 N–H and O–H groups in total. The molecule has 0 bridgehead atoms. The molecule has 1 heterocycles. The van der Waals surface area contributed by atoms with Gasteiger partial charge in [-0.2, -0.15) is 5.11 Å². The SMILES string of the molecule is O=C(c1ccccc1)c1ccc(N=Nc2c(O)[nH]c(=O)[nH]c2=O)cc1. The highest BCUT2D eigenvalue weighted by Gasteiger charge is 2.09. The molecule has 0 saturated heterocycles. The zero-order valence-electron chi connectivity index (χ0n) is 12.8. The molecule has 0 fully saturated rings. The molecule has 0 saturated carbocycles. The van der Waals surface area contributed by atoms with Crippen LogP contribution >= 0.6 is 0 Å². The first-order valence-electron chi connectivity index (χ1n) is 7.22. The van der Waals surface area contributed by atoms with Crippen LogP contribution in [0.4, 0.5) is 11.4 Å². The first-order valence-corrected chi connectivity index (χ1v) is 7.22. The van der Waals surface area contributed by atoms with Crippen LogP contribution in [0.2, 0.25) is 0 Å². The van der Waals surface area contributed by atoms with E-state index in [9.17, 15) is 19.5 Å². The van der Waals surface area contributed by atoms with Gasteiger partial charge >= 0.3 is 5.69 Å². The van der Waals surface area contributed by atoms with Gasteiger partial charge in [-0.3, -0.25) is 19.6 Å². The van der Waals surface area contributed by atoms with Crippen LogP contribution in [0.25, 0.3) is 0 Å². The lowest BCUT2D eigenvalue weighted by atomic mass is 10.0. The fourth-order valence-corrected chi connectivity index (χ4v) is 2.10. The number of aromatic nitrogens is 2. The van der Waals surface area contributed by atoms with Crippen LogP contribution in [0.3, 0.4) is 0 Å². The third-order valence-corrected chi connectivity index (χ3v) is 3.33. The molecular weight excluding hydrogens is 324 g/mol. The second kappa shape index (κ2) is 6.75. The number of azo groups is 1. The Balaban J connectivity index is 1.83. The van der Waals surface area contributed by atoms with Crippen molar-refractivity contribution >= 4 is 17.2 Å². The Morgan fingerprint density at radius 3 is 2.12 bits per heavy atom. The van der Waals surface area contributed by atoms with Crippen molar-refractivity contribution in [2.24, 2.45) is 10.2 Å². The molecule has 3 aromatic rings. The van der Waals surface area contributed by atoms with E-state index in [0.717, 1.165) is 0 Å². The smallest absolute Gasteiger partial charge is 0.328 e. The Kier molecular flexibility index (Phi) is 4.34. The van der Waals surface area contributed by atoms with Gasteiger partial charge in [0.15, 0.2) is 5.78 Å². The molecule has 2 aromatic carbocycles. The number of H-pyrrole nitrogens is 2. The number of aromatic amines is 2. The van der Waals surface area contributed by atoms with Gasteiger partial charge in [0.05, 0.1) is 5.69 Å². The van der Waals surface area contributed by atoms with Gasteiger partial charge in [-0.05, 0) is 24.3 Å². The highest BCUT2D eigenvalue weighted by atomic mass is 16.3. The van der Waals surface area contributed by atoms with E-state index in [4.69, 9.17) is 0 Å². The highest BCUT2D eigenvalue weighted by Crippen LogP contribution is 2.21. The fourth-order valence-electron chi connectivity index (χ4n) is 2.10. The van der Waals surface area contributed by atoms with Crippen molar-refractivity contribution in [1.82, 2.24) is 9.97 Å². The maximum Gasteiger partial charge on any atom is 0.328 e. The Morgan fingerprint density at radius 1 is 0.840 bits per heavy atom. The Hall–Kier alpha value is -3.81. The maximum atomic E-state index is 12.3. The summed E-state index contributed by atoms with van der Waals surface area (Å²) in [5.41, 5.74) is -0.693. The molecule has 8 heteroatoms. The molecule has 0 unspecified atom stereocenters. The Labute approximate surface area is 140 Å². The Morgan fingerprint density at radius 2 is 1.48 bits per heavy atom. The number of rotatable bonds is 4. The number of ketones is 1. The largest absolute Gasteiger partial charge is 0.493 e. The summed E-state index contributed by atoms with van der Waals surface area (Å²) in [6.45, 7) is 0. The number of nitrogens with one attached hydrogen (secondary N) is 2. The molecule has 8 nitrogen and oxygen atoms in total. The first-order chi connectivity index (χ1) is 12.0. The lowest BCUT2D eigenvalue weighted by Gasteiger charge is -2.01. The minimum atomic E-state index is -0.860. The molecule has 1 aromatic heterocycles. The van der Waals surface area contributed by atoms with Crippen molar-refractivity contribution < 1.29 is 9.90 Å². The van der Waals surface area contributed by atoms with E-state index >= 15 is 0 Å². The zero-order chi connectivity index (χ0) is 17.8. The summed E-state index contributed by atoms with van der Waals surface area (Å²) in [5.74, 6) is -0.799. The van der Waals surface area contributed by atoms with Crippen LogP contribution in [-0.2, 0) is 0 Å². The fraction of sp³-hybridized carbons (Fsp3) is 0. The quantitative estimate of drug-likeness (QED) is 0.499. The van der Waals surface area contributed by atoms with E-state index in [1.54, 1.807) is 48.5 Å². The summed E-state index contributed by atoms with van der Waals surface area (Å²) in [5, 5.41) is 17.0. The maximum absolute atomic E-state index is 12.3. The Bertz CT molecular complexity index is 1050. The van der Waals surface area contributed by atoms with Gasteiger partial charge in [0, 0.05) is 11.1 Å². The molecule has 3 rings (SSSR count). The van der Waals surface area contributed by atoms with Crippen LogP contribution in [-0.4, -0.2) is 20.9 Å². The number of carbonyl (C=O) groups excluding carboxylic acids is 1. The topological polar surface area (TPSA) is 128 Å². The van der Waals surface area contributed by atoms with Crippen molar-refractivity contribution in [2.75, 3.05) is 0 Å². The second-order valence-electron chi connectivity index (χ2n) is 5.05. The molecular formula is C17H12N4O4. The van der Waals surface area contributed by atoms with Crippen LogP contribution in [0.1, 0.15) is 15.9 Å². The molecule has 0 aliphatic heterocycles. The van der Waals surface area contributed by atoms with Gasteiger partial charge in [-0.15, -0.1) is 5.11 Å². The van der Waals surface area contributed by atoms with E-state index in [2.05, 4.69) is 10.2 Å². The van der Waals surface area contributed by atoms with Gasteiger partial charge in [0.25, 0.3) is 5.56 Å². The molecule has 0 radical (unpaired) electrons. The van der Waals surface area contributed by atoms with Crippen LogP contribution in [0.5, 0.6) is 5.88 Å². The molecule has 25 heavy (non-hydrogen) atoms. The zero-order valence-corrected chi connectivity index (χ0v) is 12.8. The van der Waals surface area contributed by atoms with E-state index in [1.807, 2.05) is 16.0 Å². The summed E-state index contributed by atoms with van der Waals surface area (Å²) >= 11 is 0. The predicted octanol–water partition coefficient (Wildman–Crippen LogP) is 2.42. The van der Waals surface area contributed by atoms with E-state index < -0.39 is 22.8 Å². The summed E-state index contributed by atoms with van der Waals surface area (Å²) in [4.78, 5) is 38.8. The van der Waals surface area contributed by atoms with Gasteiger partial charge in [0.2, 0.25) is 11.6 Å². The second-order valence-corrected chi connectivity index (χ2v) is 5.05. The number of nitrogens with zero attached hydrogens (tertiary/aromatic N) is 2. The average molecular weight is 336 g/mol. The number of hydrogen-bond donors (Lipinski definition) is 3. The lowest BCUT2D eigenvalue weighted by Crippen LogP contribution is -2.20. The van der Waals surface area contributed by atoms with Crippen LogP contribution < -0.4 is 11.2 Å². The molecule has 0 atom stereocenters. The molecule has 0 spiro atoms. The number of hydrogen-bond acceptors (Lipinski definition) is 6. The van der Waals surface area contributed by atoms with Crippen LogP contribution in [0, 0.1) is 0 Å². The summed E-state index contributed by atoms with van der Waals surface area (Å²) in [6, 6.07) is 15.1. The molecule has 0 aliphatic carbocycles. The average Bonchev–Trinajstić information content (AvgIpc) is 2.61. The third-order valence-electron chi connectivity index (χ3n) is 3.33. The lowest BCUT2D eigenvalue weighted by molar-refractivity contribution is 0.103. The van der Waals surface area contributed by atoms with E-state index in [-0.39, 0.29) is 5.78 Å². The third kappa shape index (κ3) is 3.58. The van der Waals surface area contributed by atoms with Crippen molar-refractivity contribution in [1.29, 1.82) is 0 Å². The van der Waals surface area contributed by atoms with Crippen LogP contribution in [0.15, 0.2) is 74.4 Å². The number of benzene rings is 2. The first kappa shape index (κ1) is 16.1. The summed E-state index contributed by atoms with van der Waals surface area (Å²) in [6.07, 6.45) is 0. The minimum absolute atomic E-state index is 0.126. The van der Waals surface area contributed by atoms with E-state index in [1.165, 1.54) is 0 Å². The minimum Gasteiger partial charge on any atom is -0.493 e. The van der Waals surface area contributed by atoms with Gasteiger partial charge in [0.1, 0.15) is 0 Å². The van der Waals surface area contributed by atoms with Crippen molar-refractivity contribution in [2.45, 2.75) is 0 Å². The molecule has 0 aliphatic rings. The summed E-state index contributed by atoms with van der Waals surface area (Å²) in [7, 11) is 0.